The third kappa shape index (κ3) is 5.52. The van der Waals surface area contributed by atoms with E-state index in [2.05, 4.69) is 5.32 Å². The first-order valence-electron chi connectivity index (χ1n) is 11.4. The molecule has 1 aliphatic heterocycles. The molecule has 1 heterocycles. The van der Waals surface area contributed by atoms with E-state index in [1.54, 1.807) is 42.5 Å². The van der Waals surface area contributed by atoms with Crippen molar-refractivity contribution in [1.82, 2.24) is 5.32 Å². The lowest BCUT2D eigenvalue weighted by atomic mass is 10.0. The van der Waals surface area contributed by atoms with E-state index in [0.29, 0.717) is 28.3 Å². The summed E-state index contributed by atoms with van der Waals surface area (Å²) < 4.78 is 11.4. The van der Waals surface area contributed by atoms with Gasteiger partial charge in [-0.1, -0.05) is 43.3 Å². The molecule has 2 N–H and O–H groups in total. The highest BCUT2D eigenvalue weighted by atomic mass is 32.1. The second kappa shape index (κ2) is 11.0. The van der Waals surface area contributed by atoms with Gasteiger partial charge in [0.1, 0.15) is 12.2 Å². The Hall–Kier alpha value is -4.50. The van der Waals surface area contributed by atoms with Gasteiger partial charge in [0.05, 0.1) is 18.4 Å². The van der Waals surface area contributed by atoms with Crippen LogP contribution in [0, 0.1) is 0 Å². The molecular weight excluding hydrogens is 492 g/mol. The summed E-state index contributed by atoms with van der Waals surface area (Å²) in [6, 6.07) is 18.8. The smallest absolute Gasteiger partial charge is 0.335 e. The van der Waals surface area contributed by atoms with Crippen LogP contribution in [0.2, 0.25) is 0 Å². The number of aromatic carboxylic acids is 1. The molecule has 0 atom stereocenters. The van der Waals surface area contributed by atoms with E-state index in [-0.39, 0.29) is 22.9 Å². The number of carbonyl (C=O) groups excluding carboxylic acids is 2. The molecule has 3 aromatic rings. The molecule has 1 saturated heterocycles. The standard InChI is InChI=1S/C28H24N2O6S/c1-3-17-10-12-21(13-11-17)30-26(32)22(25(31)29-28(30)37)15-19-7-5-9-23(35-2)24(19)36-16-18-6-4-8-20(14-18)27(33)34/h4-15H,3,16H2,1-2H3,(H,33,34)(H,29,31,37)/b22-15+. The van der Waals surface area contributed by atoms with E-state index >= 15 is 0 Å². The largest absolute Gasteiger partial charge is 0.493 e. The number of anilines is 1. The molecule has 0 unspecified atom stereocenters. The van der Waals surface area contributed by atoms with Crippen molar-refractivity contribution in [1.29, 1.82) is 0 Å². The molecule has 2 amide bonds. The lowest BCUT2D eigenvalue weighted by Crippen LogP contribution is -2.54. The second-order valence-electron chi connectivity index (χ2n) is 8.15. The zero-order valence-corrected chi connectivity index (χ0v) is 21.0. The van der Waals surface area contributed by atoms with Crippen molar-refractivity contribution >= 4 is 46.9 Å². The predicted octanol–water partition coefficient (Wildman–Crippen LogP) is 4.37. The van der Waals surface area contributed by atoms with Crippen LogP contribution in [-0.4, -0.2) is 35.1 Å². The Balaban J connectivity index is 1.68. The van der Waals surface area contributed by atoms with E-state index in [0.717, 1.165) is 12.0 Å². The van der Waals surface area contributed by atoms with Crippen LogP contribution < -0.4 is 19.7 Å². The monoisotopic (exact) mass is 516 g/mol. The SMILES string of the molecule is CCc1ccc(N2C(=O)/C(=C/c3cccc(OC)c3OCc3cccc(C(=O)O)c3)C(=O)NC2=S)cc1. The number of carboxylic acid groups (broad SMARTS) is 1. The predicted molar refractivity (Wildman–Crippen MR) is 143 cm³/mol. The normalized spacial score (nSPS) is 14.5. The van der Waals surface area contributed by atoms with Crippen LogP contribution in [0.5, 0.6) is 11.5 Å². The Morgan fingerprint density at radius 3 is 2.46 bits per heavy atom. The van der Waals surface area contributed by atoms with Gasteiger partial charge in [0.15, 0.2) is 16.6 Å². The van der Waals surface area contributed by atoms with Crippen LogP contribution in [0.3, 0.4) is 0 Å². The molecule has 1 fully saturated rings. The average Bonchev–Trinajstić information content (AvgIpc) is 2.90. The third-order valence-corrected chi connectivity index (χ3v) is 6.08. The molecule has 0 bridgehead atoms. The quantitative estimate of drug-likeness (QED) is 0.260. The number of carboxylic acids is 1. The summed E-state index contributed by atoms with van der Waals surface area (Å²) in [6.07, 6.45) is 2.28. The highest BCUT2D eigenvalue weighted by Gasteiger charge is 2.34. The summed E-state index contributed by atoms with van der Waals surface area (Å²) in [5.74, 6) is -1.56. The molecule has 3 aromatic carbocycles. The molecule has 37 heavy (non-hydrogen) atoms. The zero-order chi connectivity index (χ0) is 26.5. The van der Waals surface area contributed by atoms with E-state index in [1.165, 1.54) is 30.2 Å². The van der Waals surface area contributed by atoms with Gasteiger partial charge in [0.2, 0.25) is 0 Å². The minimum Gasteiger partial charge on any atom is -0.493 e. The molecule has 0 radical (unpaired) electrons. The summed E-state index contributed by atoms with van der Waals surface area (Å²) in [4.78, 5) is 38.8. The van der Waals surface area contributed by atoms with Crippen LogP contribution in [0.4, 0.5) is 5.69 Å². The molecule has 1 aliphatic rings. The number of benzene rings is 3. The van der Waals surface area contributed by atoms with Crippen LogP contribution in [0.25, 0.3) is 6.08 Å². The van der Waals surface area contributed by atoms with E-state index < -0.39 is 17.8 Å². The number of amides is 2. The molecule has 188 valence electrons. The number of hydrogen-bond donors (Lipinski definition) is 2. The van der Waals surface area contributed by atoms with Crippen LogP contribution in [-0.2, 0) is 22.6 Å². The lowest BCUT2D eigenvalue weighted by Gasteiger charge is -2.29. The first kappa shape index (κ1) is 25.6. The highest BCUT2D eigenvalue weighted by molar-refractivity contribution is 7.80. The van der Waals surface area contributed by atoms with Gasteiger partial charge >= 0.3 is 5.97 Å². The maximum Gasteiger partial charge on any atom is 0.335 e. The number of nitrogens with one attached hydrogen (secondary N) is 1. The topological polar surface area (TPSA) is 105 Å². The maximum absolute atomic E-state index is 13.4. The summed E-state index contributed by atoms with van der Waals surface area (Å²) >= 11 is 5.29. The van der Waals surface area contributed by atoms with Crippen molar-refractivity contribution in [2.75, 3.05) is 12.0 Å². The van der Waals surface area contributed by atoms with Crippen molar-refractivity contribution in [3.63, 3.8) is 0 Å². The first-order chi connectivity index (χ1) is 17.8. The van der Waals surface area contributed by atoms with Crippen LogP contribution >= 0.6 is 12.2 Å². The summed E-state index contributed by atoms with van der Waals surface area (Å²) in [5.41, 5.74) is 2.71. The average molecular weight is 517 g/mol. The van der Waals surface area contributed by atoms with Gasteiger partial charge in [0.25, 0.3) is 11.8 Å². The van der Waals surface area contributed by atoms with Gasteiger partial charge in [-0.3, -0.25) is 19.8 Å². The molecule has 0 aromatic heterocycles. The van der Waals surface area contributed by atoms with E-state index in [9.17, 15) is 19.5 Å². The van der Waals surface area contributed by atoms with Crippen LogP contribution in [0.15, 0.2) is 72.3 Å². The summed E-state index contributed by atoms with van der Waals surface area (Å²) in [5, 5.41) is 11.8. The molecular formula is C28H24N2O6S. The Morgan fingerprint density at radius 1 is 1.05 bits per heavy atom. The van der Waals surface area contributed by atoms with Gasteiger partial charge in [-0.15, -0.1) is 0 Å². The first-order valence-corrected chi connectivity index (χ1v) is 11.9. The number of ether oxygens (including phenoxy) is 2. The molecule has 8 nitrogen and oxygen atoms in total. The van der Waals surface area contributed by atoms with E-state index in [4.69, 9.17) is 21.7 Å². The number of para-hydroxylation sites is 1. The molecule has 4 rings (SSSR count). The zero-order valence-electron chi connectivity index (χ0n) is 20.2. The summed E-state index contributed by atoms with van der Waals surface area (Å²) in [6.45, 7) is 2.07. The fraction of sp³-hybridized carbons (Fsp3) is 0.143. The van der Waals surface area contributed by atoms with Crippen molar-refractivity contribution in [3.8, 4) is 11.5 Å². The van der Waals surface area contributed by atoms with Gasteiger partial charge in [-0.05, 0) is 66.2 Å². The Labute approximate surface area is 219 Å². The lowest BCUT2D eigenvalue weighted by molar-refractivity contribution is -0.122. The van der Waals surface area contributed by atoms with Crippen molar-refractivity contribution in [3.05, 3.63) is 94.6 Å². The molecule has 0 spiro atoms. The number of hydrogen-bond acceptors (Lipinski definition) is 6. The fourth-order valence-electron chi connectivity index (χ4n) is 3.84. The third-order valence-electron chi connectivity index (χ3n) is 5.79. The number of thiocarbonyl (C=S) groups is 1. The minimum atomic E-state index is -1.04. The molecule has 9 heteroatoms. The number of methoxy groups -OCH3 is 1. The van der Waals surface area contributed by atoms with Gasteiger partial charge in [0, 0.05) is 5.56 Å². The van der Waals surface area contributed by atoms with Crippen molar-refractivity contribution in [2.24, 2.45) is 0 Å². The highest BCUT2D eigenvalue weighted by Crippen LogP contribution is 2.34. The van der Waals surface area contributed by atoms with Crippen molar-refractivity contribution < 1.29 is 29.0 Å². The second-order valence-corrected chi connectivity index (χ2v) is 8.54. The maximum atomic E-state index is 13.4. The summed E-state index contributed by atoms with van der Waals surface area (Å²) in [7, 11) is 1.47. The molecule has 0 aliphatic carbocycles. The number of rotatable bonds is 8. The number of aryl methyl sites for hydroxylation is 1. The Bertz CT molecular complexity index is 1410. The Kier molecular flexibility index (Phi) is 7.64. The van der Waals surface area contributed by atoms with Crippen LogP contribution in [0.1, 0.15) is 34.0 Å². The van der Waals surface area contributed by atoms with E-state index in [1.807, 2.05) is 19.1 Å². The minimum absolute atomic E-state index is 0.00294. The van der Waals surface area contributed by atoms with Gasteiger partial charge < -0.3 is 14.6 Å². The van der Waals surface area contributed by atoms with Crippen molar-refractivity contribution in [2.45, 2.75) is 20.0 Å². The van der Waals surface area contributed by atoms with Gasteiger partial charge in [-0.25, -0.2) is 4.79 Å². The fourth-order valence-corrected chi connectivity index (χ4v) is 4.12. The molecule has 0 saturated carbocycles. The number of carbonyl (C=O) groups is 3. The Morgan fingerprint density at radius 2 is 1.78 bits per heavy atom. The number of nitrogens with zero attached hydrogens (tertiary/aromatic N) is 1. The van der Waals surface area contributed by atoms with Gasteiger partial charge in [-0.2, -0.15) is 0 Å².